The fourth-order valence-electron chi connectivity index (χ4n) is 0.986. The highest BCUT2D eigenvalue weighted by atomic mass is 35.5. The molecule has 0 radical (unpaired) electrons. The molecule has 0 aliphatic heterocycles. The molecule has 2 aromatic heterocycles. The van der Waals surface area contributed by atoms with Crippen molar-refractivity contribution in [3.63, 3.8) is 0 Å². The third-order valence-corrected chi connectivity index (χ3v) is 2.55. The van der Waals surface area contributed by atoms with Gasteiger partial charge in [-0.3, -0.25) is 0 Å². The van der Waals surface area contributed by atoms with Crippen LogP contribution in [-0.4, -0.2) is 15.0 Å². The monoisotopic (exact) mass is 229 g/mol. The van der Waals surface area contributed by atoms with E-state index in [2.05, 4.69) is 15.0 Å². The number of thiazole rings is 1. The minimum absolute atomic E-state index is 0.0537. The first-order valence-electron chi connectivity index (χ1n) is 3.81. The van der Waals surface area contributed by atoms with Crippen LogP contribution in [0.3, 0.4) is 0 Å². The first kappa shape index (κ1) is 9.48. The standard InChI is InChI=1S/C8H5ClFN3S/c9-8-12-4-5(10)6(13-8)3-7-11-1-2-14-7/h1-2,4H,3H2. The third kappa shape index (κ3) is 2.05. The summed E-state index contributed by atoms with van der Waals surface area (Å²) in [6.07, 6.45) is 3.09. The van der Waals surface area contributed by atoms with Crippen molar-refractivity contribution in [2.24, 2.45) is 0 Å². The van der Waals surface area contributed by atoms with E-state index in [-0.39, 0.29) is 11.0 Å². The normalized spacial score (nSPS) is 10.4. The summed E-state index contributed by atoms with van der Waals surface area (Å²) in [6.45, 7) is 0. The van der Waals surface area contributed by atoms with Crippen molar-refractivity contribution in [3.05, 3.63) is 39.6 Å². The average Bonchev–Trinajstić information content (AvgIpc) is 2.64. The summed E-state index contributed by atoms with van der Waals surface area (Å²) in [5.41, 5.74) is 0.278. The average molecular weight is 230 g/mol. The third-order valence-electron chi connectivity index (χ3n) is 1.59. The lowest BCUT2D eigenvalue weighted by Gasteiger charge is -1.98. The first-order valence-corrected chi connectivity index (χ1v) is 5.07. The molecule has 0 saturated heterocycles. The van der Waals surface area contributed by atoms with Crippen LogP contribution in [0, 0.1) is 5.82 Å². The number of halogens is 2. The van der Waals surface area contributed by atoms with E-state index in [0.29, 0.717) is 6.42 Å². The first-order chi connectivity index (χ1) is 6.75. The van der Waals surface area contributed by atoms with Gasteiger partial charge in [0.25, 0.3) is 0 Å². The second kappa shape index (κ2) is 3.98. The molecule has 0 N–H and O–H groups in total. The lowest BCUT2D eigenvalue weighted by Crippen LogP contribution is -1.98. The zero-order valence-corrected chi connectivity index (χ0v) is 8.52. The second-order valence-electron chi connectivity index (χ2n) is 2.54. The Morgan fingerprint density at radius 3 is 3.00 bits per heavy atom. The molecule has 0 bridgehead atoms. The van der Waals surface area contributed by atoms with Crippen molar-refractivity contribution in [1.29, 1.82) is 0 Å². The molecule has 0 aromatic carbocycles. The molecule has 2 rings (SSSR count). The summed E-state index contributed by atoms with van der Waals surface area (Å²) in [5, 5.41) is 2.69. The molecule has 0 amide bonds. The van der Waals surface area contributed by atoms with Crippen molar-refractivity contribution in [1.82, 2.24) is 15.0 Å². The van der Waals surface area contributed by atoms with Crippen LogP contribution >= 0.6 is 22.9 Å². The molecular weight excluding hydrogens is 225 g/mol. The van der Waals surface area contributed by atoms with Gasteiger partial charge in [-0.05, 0) is 11.6 Å². The highest BCUT2D eigenvalue weighted by Crippen LogP contribution is 2.13. The fourth-order valence-corrected chi connectivity index (χ4v) is 1.76. The zero-order chi connectivity index (χ0) is 9.97. The van der Waals surface area contributed by atoms with Crippen LogP contribution in [0.25, 0.3) is 0 Å². The van der Waals surface area contributed by atoms with Gasteiger partial charge < -0.3 is 0 Å². The Hall–Kier alpha value is -1.07. The summed E-state index contributed by atoms with van der Waals surface area (Å²) < 4.78 is 13.2. The minimum atomic E-state index is -0.454. The van der Waals surface area contributed by atoms with Gasteiger partial charge in [-0.15, -0.1) is 11.3 Å². The van der Waals surface area contributed by atoms with Gasteiger partial charge in [-0.25, -0.2) is 19.3 Å². The van der Waals surface area contributed by atoms with E-state index in [9.17, 15) is 4.39 Å². The van der Waals surface area contributed by atoms with Gasteiger partial charge in [0, 0.05) is 18.0 Å². The van der Waals surface area contributed by atoms with Crippen molar-refractivity contribution < 1.29 is 4.39 Å². The lowest BCUT2D eigenvalue weighted by molar-refractivity contribution is 0.595. The van der Waals surface area contributed by atoms with Gasteiger partial charge in [0.05, 0.1) is 16.9 Å². The van der Waals surface area contributed by atoms with Gasteiger partial charge in [-0.2, -0.15) is 0 Å². The molecule has 0 unspecified atom stereocenters. The summed E-state index contributed by atoms with van der Waals surface area (Å²) in [6, 6.07) is 0. The van der Waals surface area contributed by atoms with Gasteiger partial charge in [-0.1, -0.05) is 0 Å². The number of nitrogens with zero attached hydrogens (tertiary/aromatic N) is 3. The van der Waals surface area contributed by atoms with Crippen molar-refractivity contribution >= 4 is 22.9 Å². The molecule has 0 fully saturated rings. The Bertz CT molecular complexity index is 432. The molecule has 72 valence electrons. The van der Waals surface area contributed by atoms with Crippen LogP contribution in [0.15, 0.2) is 17.8 Å². The van der Waals surface area contributed by atoms with Crippen molar-refractivity contribution in [2.45, 2.75) is 6.42 Å². The van der Waals surface area contributed by atoms with Crippen LogP contribution in [0.1, 0.15) is 10.7 Å². The molecule has 0 spiro atoms. The smallest absolute Gasteiger partial charge is 0.222 e. The molecule has 2 heterocycles. The number of hydrogen-bond acceptors (Lipinski definition) is 4. The summed E-state index contributed by atoms with van der Waals surface area (Å²) in [5.74, 6) is -0.454. The quantitative estimate of drug-likeness (QED) is 0.742. The molecule has 0 aliphatic rings. The molecule has 3 nitrogen and oxygen atoms in total. The van der Waals surface area contributed by atoms with E-state index in [0.717, 1.165) is 11.2 Å². The topological polar surface area (TPSA) is 38.7 Å². The minimum Gasteiger partial charge on any atom is -0.249 e. The Balaban J connectivity index is 2.28. The molecule has 6 heteroatoms. The number of aromatic nitrogens is 3. The molecule has 0 saturated carbocycles. The highest BCUT2D eigenvalue weighted by Gasteiger charge is 2.08. The maximum atomic E-state index is 13.2. The van der Waals surface area contributed by atoms with E-state index in [4.69, 9.17) is 11.6 Å². The highest BCUT2D eigenvalue weighted by molar-refractivity contribution is 7.09. The van der Waals surface area contributed by atoms with Crippen LogP contribution in [0.4, 0.5) is 4.39 Å². The van der Waals surface area contributed by atoms with E-state index in [1.807, 2.05) is 5.38 Å². The van der Waals surface area contributed by atoms with Crippen LogP contribution in [-0.2, 0) is 6.42 Å². The van der Waals surface area contributed by atoms with Crippen molar-refractivity contribution in [3.8, 4) is 0 Å². The second-order valence-corrected chi connectivity index (χ2v) is 3.85. The van der Waals surface area contributed by atoms with Gasteiger partial charge >= 0.3 is 0 Å². The van der Waals surface area contributed by atoms with Crippen molar-refractivity contribution in [2.75, 3.05) is 0 Å². The Labute approximate surface area is 88.6 Å². The van der Waals surface area contributed by atoms with Crippen LogP contribution in [0.2, 0.25) is 5.28 Å². The molecule has 0 aliphatic carbocycles. The lowest BCUT2D eigenvalue weighted by atomic mass is 10.3. The Morgan fingerprint density at radius 2 is 2.29 bits per heavy atom. The largest absolute Gasteiger partial charge is 0.249 e. The number of hydrogen-bond donors (Lipinski definition) is 0. The predicted molar refractivity (Wildman–Crippen MR) is 51.9 cm³/mol. The molecule has 2 aromatic rings. The predicted octanol–water partition coefficient (Wildman–Crippen LogP) is 2.32. The van der Waals surface area contributed by atoms with Crippen LogP contribution < -0.4 is 0 Å². The molecule has 0 atom stereocenters. The molecule has 14 heavy (non-hydrogen) atoms. The zero-order valence-electron chi connectivity index (χ0n) is 6.94. The van der Waals surface area contributed by atoms with Crippen LogP contribution in [0.5, 0.6) is 0 Å². The van der Waals surface area contributed by atoms with E-state index in [1.54, 1.807) is 6.20 Å². The summed E-state index contributed by atoms with van der Waals surface area (Å²) >= 11 is 7.00. The Kier molecular flexibility index (Phi) is 2.69. The van der Waals surface area contributed by atoms with Gasteiger partial charge in [0.2, 0.25) is 5.28 Å². The maximum Gasteiger partial charge on any atom is 0.222 e. The fraction of sp³-hybridized carbons (Fsp3) is 0.125. The summed E-state index contributed by atoms with van der Waals surface area (Å²) in [7, 11) is 0. The summed E-state index contributed by atoms with van der Waals surface area (Å²) in [4.78, 5) is 11.4. The molecular formula is C8H5ClFN3S. The van der Waals surface area contributed by atoms with E-state index < -0.39 is 5.82 Å². The Morgan fingerprint density at radius 1 is 1.43 bits per heavy atom. The SMILES string of the molecule is Fc1cnc(Cl)nc1Cc1nccs1. The van der Waals surface area contributed by atoms with E-state index >= 15 is 0 Å². The maximum absolute atomic E-state index is 13.2. The number of rotatable bonds is 2. The van der Waals surface area contributed by atoms with Gasteiger partial charge in [0.1, 0.15) is 0 Å². The van der Waals surface area contributed by atoms with Gasteiger partial charge in [0.15, 0.2) is 5.82 Å². The van der Waals surface area contributed by atoms with E-state index in [1.165, 1.54) is 11.3 Å².